The second-order valence-electron chi connectivity index (χ2n) is 8.45. The van der Waals surface area contributed by atoms with Crippen molar-refractivity contribution in [2.24, 2.45) is 0 Å². The normalized spacial score (nSPS) is 14.3. The van der Waals surface area contributed by atoms with Crippen molar-refractivity contribution in [1.82, 2.24) is 10.2 Å². The predicted molar refractivity (Wildman–Crippen MR) is 127 cm³/mol. The number of nitrogens with one attached hydrogen (secondary N) is 1. The molecule has 31 heavy (non-hydrogen) atoms. The number of nitrogens with zero attached hydrogens (tertiary/aromatic N) is 3. The molecule has 0 saturated carbocycles. The fourth-order valence-corrected chi connectivity index (χ4v) is 3.96. The van der Waals surface area contributed by atoms with Crippen LogP contribution < -0.4 is 10.2 Å². The Morgan fingerprint density at radius 2 is 1.71 bits per heavy atom. The summed E-state index contributed by atoms with van der Waals surface area (Å²) < 4.78 is 0. The number of non-ortho nitro benzene ring substituents is 1. The fourth-order valence-electron chi connectivity index (χ4n) is 3.39. The van der Waals surface area contributed by atoms with Crippen LogP contribution in [0.1, 0.15) is 36.7 Å². The number of nitro benzene ring substituents is 1. The molecule has 3 rings (SSSR count). The van der Waals surface area contributed by atoms with E-state index in [1.165, 1.54) is 12.1 Å². The predicted octanol–water partition coefficient (Wildman–Crippen LogP) is 4.38. The maximum atomic E-state index is 12.6. The van der Waals surface area contributed by atoms with E-state index < -0.39 is 4.92 Å². The molecule has 0 spiro atoms. The lowest BCUT2D eigenvalue weighted by atomic mass is 9.87. The van der Waals surface area contributed by atoms with Gasteiger partial charge in [0.15, 0.2) is 5.11 Å². The molecule has 1 aliphatic rings. The van der Waals surface area contributed by atoms with Gasteiger partial charge < -0.3 is 9.80 Å². The summed E-state index contributed by atoms with van der Waals surface area (Å²) in [4.78, 5) is 27.0. The Morgan fingerprint density at radius 1 is 1.10 bits per heavy atom. The smallest absolute Gasteiger partial charge is 0.271 e. The molecule has 1 fully saturated rings. The molecule has 0 atom stereocenters. The summed E-state index contributed by atoms with van der Waals surface area (Å²) in [6.45, 7) is 8.86. The summed E-state index contributed by atoms with van der Waals surface area (Å²) in [5.41, 5.74) is 2.46. The molecule has 0 unspecified atom stereocenters. The third kappa shape index (κ3) is 5.51. The molecule has 0 aromatic heterocycles. The monoisotopic (exact) mass is 460 g/mol. The number of rotatable bonds is 3. The number of hydrogen-bond donors (Lipinski definition) is 1. The largest absolute Gasteiger partial charge is 0.367 e. The van der Waals surface area contributed by atoms with Crippen LogP contribution in [0.25, 0.3) is 0 Å². The van der Waals surface area contributed by atoms with Crippen LogP contribution in [0.2, 0.25) is 5.02 Å². The van der Waals surface area contributed by atoms with Crippen molar-refractivity contribution >= 4 is 46.2 Å². The third-order valence-electron chi connectivity index (χ3n) is 5.28. The average Bonchev–Trinajstić information content (AvgIpc) is 2.73. The molecule has 9 heteroatoms. The van der Waals surface area contributed by atoms with Crippen molar-refractivity contribution in [3.8, 4) is 0 Å². The van der Waals surface area contributed by atoms with Gasteiger partial charge in [0.1, 0.15) is 0 Å². The molecule has 0 bridgehead atoms. The summed E-state index contributed by atoms with van der Waals surface area (Å²) in [5, 5.41) is 14.4. The Balaban J connectivity index is 1.57. The fraction of sp³-hybridized carbons (Fsp3) is 0.364. The molecule has 164 valence electrons. The van der Waals surface area contributed by atoms with Crippen molar-refractivity contribution < 1.29 is 9.72 Å². The number of piperazine rings is 1. The van der Waals surface area contributed by atoms with Gasteiger partial charge in [0.05, 0.1) is 15.6 Å². The number of thiocarbonyl (C=S) groups is 1. The van der Waals surface area contributed by atoms with Crippen LogP contribution in [0.15, 0.2) is 42.5 Å². The first-order valence-electron chi connectivity index (χ1n) is 9.96. The molecule has 1 N–H and O–H groups in total. The van der Waals surface area contributed by atoms with Gasteiger partial charge in [-0.05, 0) is 41.4 Å². The Bertz CT molecular complexity index is 997. The summed E-state index contributed by atoms with van der Waals surface area (Å²) in [6.07, 6.45) is 0. The van der Waals surface area contributed by atoms with Gasteiger partial charge in [0, 0.05) is 43.9 Å². The zero-order valence-corrected chi connectivity index (χ0v) is 19.3. The lowest BCUT2D eigenvalue weighted by molar-refractivity contribution is -0.384. The van der Waals surface area contributed by atoms with Gasteiger partial charge in [-0.2, -0.15) is 0 Å². The van der Waals surface area contributed by atoms with Crippen LogP contribution in [0.5, 0.6) is 0 Å². The van der Waals surface area contributed by atoms with Gasteiger partial charge in [-0.15, -0.1) is 0 Å². The minimum Gasteiger partial charge on any atom is -0.367 e. The number of hydrogen-bond acceptors (Lipinski definition) is 5. The Morgan fingerprint density at radius 3 is 2.23 bits per heavy atom. The maximum absolute atomic E-state index is 12.6. The van der Waals surface area contributed by atoms with Crippen LogP contribution in [0, 0.1) is 10.1 Å². The first-order chi connectivity index (χ1) is 14.6. The summed E-state index contributed by atoms with van der Waals surface area (Å²) in [7, 11) is 0. The Kier molecular flexibility index (Phi) is 6.81. The molecular formula is C22H25ClN4O3S. The molecule has 1 aliphatic heterocycles. The maximum Gasteiger partial charge on any atom is 0.271 e. The molecular weight excluding hydrogens is 436 g/mol. The number of carbonyl (C=O) groups excluding carboxylic acids is 1. The van der Waals surface area contributed by atoms with Crippen molar-refractivity contribution in [3.63, 3.8) is 0 Å². The molecule has 0 aliphatic carbocycles. The van der Waals surface area contributed by atoms with Gasteiger partial charge in [-0.3, -0.25) is 20.2 Å². The molecule has 2 aromatic carbocycles. The SMILES string of the molecule is CC(C)(C)c1ccc(C(=O)NC(=S)N2CCN(c3ccc([N+](=O)[O-])cc3Cl)CC2)cc1. The molecule has 1 amide bonds. The minimum atomic E-state index is -0.467. The first-order valence-corrected chi connectivity index (χ1v) is 10.7. The van der Waals surface area contributed by atoms with E-state index in [-0.39, 0.29) is 17.0 Å². The zero-order valence-electron chi connectivity index (χ0n) is 17.7. The van der Waals surface area contributed by atoms with Gasteiger partial charge in [-0.1, -0.05) is 44.5 Å². The average molecular weight is 461 g/mol. The number of amides is 1. The van der Waals surface area contributed by atoms with Gasteiger partial charge in [0.2, 0.25) is 0 Å². The van der Waals surface area contributed by atoms with Gasteiger partial charge in [-0.25, -0.2) is 0 Å². The number of carbonyl (C=O) groups is 1. The Labute approximate surface area is 192 Å². The van der Waals surface area contributed by atoms with Crippen LogP contribution >= 0.6 is 23.8 Å². The van der Waals surface area contributed by atoms with E-state index in [4.69, 9.17) is 23.8 Å². The lowest BCUT2D eigenvalue weighted by Crippen LogP contribution is -2.52. The topological polar surface area (TPSA) is 78.7 Å². The minimum absolute atomic E-state index is 0.0244. The second kappa shape index (κ2) is 9.20. The highest BCUT2D eigenvalue weighted by Crippen LogP contribution is 2.30. The lowest BCUT2D eigenvalue weighted by Gasteiger charge is -2.37. The summed E-state index contributed by atoms with van der Waals surface area (Å²) >= 11 is 11.7. The first kappa shape index (κ1) is 23.0. The molecule has 1 heterocycles. The van der Waals surface area contributed by atoms with Crippen LogP contribution in [0.4, 0.5) is 11.4 Å². The van der Waals surface area contributed by atoms with Gasteiger partial charge >= 0.3 is 0 Å². The molecule has 2 aromatic rings. The highest BCUT2D eigenvalue weighted by molar-refractivity contribution is 7.80. The van der Waals surface area contributed by atoms with E-state index in [1.54, 1.807) is 6.07 Å². The standard InChI is InChI=1S/C22H25ClN4O3S/c1-22(2,3)16-6-4-15(5-7-16)20(28)24-21(31)26-12-10-25(11-13-26)19-9-8-17(27(29)30)14-18(19)23/h4-9,14H,10-13H2,1-3H3,(H,24,28,31). The van der Waals surface area contributed by atoms with Crippen molar-refractivity contribution in [2.45, 2.75) is 26.2 Å². The quantitative estimate of drug-likeness (QED) is 0.416. The van der Waals surface area contributed by atoms with Crippen LogP contribution in [-0.4, -0.2) is 47.0 Å². The highest BCUT2D eigenvalue weighted by Gasteiger charge is 2.23. The van der Waals surface area contributed by atoms with Crippen molar-refractivity contribution in [2.75, 3.05) is 31.1 Å². The number of benzene rings is 2. The van der Waals surface area contributed by atoms with E-state index in [1.807, 2.05) is 29.2 Å². The summed E-state index contributed by atoms with van der Waals surface area (Å²) in [5.74, 6) is -0.230. The van der Waals surface area contributed by atoms with E-state index in [0.717, 1.165) is 11.3 Å². The summed E-state index contributed by atoms with van der Waals surface area (Å²) in [6, 6.07) is 12.0. The number of halogens is 1. The second-order valence-corrected chi connectivity index (χ2v) is 9.25. The number of nitro groups is 1. The Hall–Kier alpha value is -2.71. The van der Waals surface area contributed by atoms with Crippen molar-refractivity contribution in [1.29, 1.82) is 0 Å². The van der Waals surface area contributed by atoms with E-state index in [0.29, 0.717) is 41.9 Å². The molecule has 7 nitrogen and oxygen atoms in total. The third-order valence-corrected chi connectivity index (χ3v) is 5.95. The molecule has 0 radical (unpaired) electrons. The molecule has 1 saturated heterocycles. The van der Waals surface area contributed by atoms with E-state index in [2.05, 4.69) is 31.0 Å². The zero-order chi connectivity index (χ0) is 22.8. The van der Waals surface area contributed by atoms with E-state index in [9.17, 15) is 14.9 Å². The van der Waals surface area contributed by atoms with Crippen LogP contribution in [0.3, 0.4) is 0 Å². The van der Waals surface area contributed by atoms with Crippen LogP contribution in [-0.2, 0) is 5.41 Å². The van der Waals surface area contributed by atoms with Crippen molar-refractivity contribution in [3.05, 3.63) is 68.7 Å². The highest BCUT2D eigenvalue weighted by atomic mass is 35.5. The van der Waals surface area contributed by atoms with E-state index >= 15 is 0 Å². The number of anilines is 1. The van der Waals surface area contributed by atoms with Gasteiger partial charge in [0.25, 0.3) is 11.6 Å².